The molecular formula is C36H72O3. The van der Waals surface area contributed by atoms with E-state index in [4.69, 9.17) is 9.90 Å². The highest BCUT2D eigenvalue weighted by Crippen LogP contribution is 1.92. The predicted octanol–water partition coefficient (Wildman–Crippen LogP) is 12.7. The molecule has 1 aromatic rings. The number of benzene rings is 1. The van der Waals surface area contributed by atoms with Crippen LogP contribution in [0.15, 0.2) is 119 Å². The van der Waals surface area contributed by atoms with Crippen LogP contribution in [0, 0.1) is 6.92 Å². The summed E-state index contributed by atoms with van der Waals surface area (Å²) in [5.41, 5.74) is 1.32. The molecule has 0 unspecified atom stereocenters. The molecule has 1 aromatic carbocycles. The lowest BCUT2D eigenvalue weighted by atomic mass is 10.2. The zero-order chi connectivity index (χ0) is 34.3. The zero-order valence-electron chi connectivity index (χ0n) is 29.1. The molecule has 0 saturated carbocycles. The molecule has 3 nitrogen and oxygen atoms in total. The van der Waals surface area contributed by atoms with E-state index < -0.39 is 5.97 Å². The minimum Gasteiger partial charge on any atom is -0.481 e. The van der Waals surface area contributed by atoms with Crippen LogP contribution in [0.2, 0.25) is 0 Å². The van der Waals surface area contributed by atoms with Crippen LogP contribution in [0.1, 0.15) is 88.6 Å². The van der Waals surface area contributed by atoms with Crippen molar-refractivity contribution in [3.8, 4) is 0 Å². The SMILES string of the molecule is C=CC.C=CC.C=CC.C=CC.C=CC.C=CC.C=CC.CC.CC.CC(=O)O.COC.Cc1ccccc1. The van der Waals surface area contributed by atoms with Crippen LogP contribution < -0.4 is 0 Å². The molecule has 39 heavy (non-hydrogen) atoms. The Bertz CT molecular complexity index is 424. The monoisotopic (exact) mass is 553 g/mol. The Balaban J connectivity index is -0.0000000250. The molecule has 0 spiro atoms. The summed E-state index contributed by atoms with van der Waals surface area (Å²) < 4.78 is 4.25. The highest BCUT2D eigenvalue weighted by Gasteiger charge is 1.72. The van der Waals surface area contributed by atoms with E-state index >= 15 is 0 Å². The van der Waals surface area contributed by atoms with Crippen molar-refractivity contribution in [2.75, 3.05) is 14.2 Å². The second kappa shape index (κ2) is 159. The van der Waals surface area contributed by atoms with E-state index in [2.05, 4.69) is 69.8 Å². The molecular weight excluding hydrogens is 480 g/mol. The summed E-state index contributed by atoms with van der Waals surface area (Å²) in [4.78, 5) is 9.00. The van der Waals surface area contributed by atoms with Crippen molar-refractivity contribution in [1.29, 1.82) is 0 Å². The first-order chi connectivity index (χ1) is 18.4. The number of aryl methyl sites for hydroxylation is 1. The molecule has 0 aliphatic carbocycles. The highest BCUT2D eigenvalue weighted by atomic mass is 16.4. The number of methoxy groups -OCH3 is 1. The van der Waals surface area contributed by atoms with Crippen LogP contribution in [-0.2, 0) is 9.53 Å². The molecule has 0 amide bonds. The number of allylic oxidation sites excluding steroid dienone is 7. The molecule has 0 aromatic heterocycles. The van der Waals surface area contributed by atoms with Gasteiger partial charge in [-0.15, -0.1) is 46.1 Å². The van der Waals surface area contributed by atoms with Gasteiger partial charge in [-0.3, -0.25) is 4.79 Å². The van der Waals surface area contributed by atoms with Crippen LogP contribution in [0.3, 0.4) is 0 Å². The second-order valence-electron chi connectivity index (χ2n) is 5.44. The van der Waals surface area contributed by atoms with Crippen molar-refractivity contribution in [2.45, 2.75) is 90.0 Å². The van der Waals surface area contributed by atoms with E-state index in [1.54, 1.807) is 56.8 Å². The van der Waals surface area contributed by atoms with Gasteiger partial charge in [0, 0.05) is 21.1 Å². The summed E-state index contributed by atoms with van der Waals surface area (Å²) in [5, 5.41) is 7.42. The fourth-order valence-corrected chi connectivity index (χ4v) is 0.534. The molecule has 0 bridgehead atoms. The van der Waals surface area contributed by atoms with Gasteiger partial charge in [0.1, 0.15) is 0 Å². The largest absolute Gasteiger partial charge is 0.481 e. The van der Waals surface area contributed by atoms with Crippen LogP contribution in [0.25, 0.3) is 0 Å². The number of hydrogen-bond acceptors (Lipinski definition) is 2. The Morgan fingerprint density at radius 1 is 0.590 bits per heavy atom. The first kappa shape index (κ1) is 70.5. The number of hydrogen-bond donors (Lipinski definition) is 1. The fourth-order valence-electron chi connectivity index (χ4n) is 0.534. The molecule has 0 atom stereocenters. The summed E-state index contributed by atoms with van der Waals surface area (Å²) in [5.74, 6) is -0.833. The number of rotatable bonds is 0. The van der Waals surface area contributed by atoms with E-state index in [0.717, 1.165) is 6.92 Å². The lowest BCUT2D eigenvalue weighted by Gasteiger charge is -1.82. The lowest BCUT2D eigenvalue weighted by molar-refractivity contribution is -0.134. The topological polar surface area (TPSA) is 46.5 Å². The Hall–Kier alpha value is -3.17. The highest BCUT2D eigenvalue weighted by molar-refractivity contribution is 5.62. The smallest absolute Gasteiger partial charge is 0.300 e. The van der Waals surface area contributed by atoms with Gasteiger partial charge in [0.25, 0.3) is 5.97 Å². The molecule has 1 rings (SSSR count). The van der Waals surface area contributed by atoms with Gasteiger partial charge >= 0.3 is 0 Å². The summed E-state index contributed by atoms with van der Waals surface area (Å²) in [7, 11) is 3.25. The van der Waals surface area contributed by atoms with Gasteiger partial charge in [-0.2, -0.15) is 0 Å². The summed E-state index contributed by atoms with van der Waals surface area (Å²) in [6, 6.07) is 10.3. The van der Waals surface area contributed by atoms with Crippen molar-refractivity contribution < 1.29 is 14.6 Å². The van der Waals surface area contributed by atoms with E-state index in [1.165, 1.54) is 5.56 Å². The van der Waals surface area contributed by atoms with Crippen molar-refractivity contribution in [3.63, 3.8) is 0 Å². The average molecular weight is 553 g/mol. The van der Waals surface area contributed by atoms with Gasteiger partial charge in [-0.1, -0.05) is 106 Å². The lowest BCUT2D eigenvalue weighted by Crippen LogP contribution is -1.78. The van der Waals surface area contributed by atoms with Gasteiger partial charge in [0.05, 0.1) is 0 Å². The number of carboxylic acid groups (broad SMARTS) is 1. The maximum Gasteiger partial charge on any atom is 0.300 e. The molecule has 0 fully saturated rings. The summed E-state index contributed by atoms with van der Waals surface area (Å²) in [6.45, 7) is 47.9. The number of carboxylic acids is 1. The van der Waals surface area contributed by atoms with Crippen LogP contribution >= 0.6 is 0 Å². The van der Waals surface area contributed by atoms with Gasteiger partial charge in [0.15, 0.2) is 0 Å². The first-order valence-corrected chi connectivity index (χ1v) is 13.1. The maximum atomic E-state index is 9.00. The second-order valence-corrected chi connectivity index (χ2v) is 5.44. The van der Waals surface area contributed by atoms with E-state index in [9.17, 15) is 0 Å². The molecule has 3 heteroatoms. The molecule has 0 heterocycles. The third-order valence-electron chi connectivity index (χ3n) is 0.940. The minimum atomic E-state index is -0.833. The predicted molar refractivity (Wildman–Crippen MR) is 191 cm³/mol. The standard InChI is InChI=1S/C7H8.7C3H6.C2H4O2.C2H6O.2C2H6/c1-7-5-3-2-4-6-7;7*1-3-2;1-2(3)4;1-3-2;2*1-2/h2-6H,1H3;7*3H,1H2,2H3;1H3,(H,3,4);1-2H3;2*1-2H3. The van der Waals surface area contributed by atoms with Gasteiger partial charge in [-0.05, 0) is 55.4 Å². The Kier molecular flexibility index (Phi) is 288. The number of carbonyl (C=O) groups is 1. The van der Waals surface area contributed by atoms with E-state index in [0.29, 0.717) is 0 Å². The Labute approximate surface area is 249 Å². The molecule has 0 radical (unpaired) electrons. The Morgan fingerprint density at radius 3 is 0.744 bits per heavy atom. The third kappa shape index (κ3) is 1610. The molecule has 0 saturated heterocycles. The van der Waals surface area contributed by atoms with Crippen LogP contribution in [-0.4, -0.2) is 25.3 Å². The number of aliphatic carboxylic acids is 1. The molecule has 0 aliphatic rings. The summed E-state index contributed by atoms with van der Waals surface area (Å²) >= 11 is 0. The number of ether oxygens (including phenoxy) is 1. The fraction of sp³-hybridized carbons (Fsp3) is 0.417. The molecule has 0 aliphatic heterocycles. The first-order valence-electron chi connectivity index (χ1n) is 13.1. The van der Waals surface area contributed by atoms with E-state index in [-0.39, 0.29) is 0 Å². The third-order valence-corrected chi connectivity index (χ3v) is 0.940. The summed E-state index contributed by atoms with van der Waals surface area (Å²) in [6.07, 6.45) is 12.2. The zero-order valence-corrected chi connectivity index (χ0v) is 29.1. The minimum absolute atomic E-state index is 0.833. The van der Waals surface area contributed by atoms with Gasteiger partial charge in [-0.25, -0.2) is 0 Å². The van der Waals surface area contributed by atoms with Crippen molar-refractivity contribution in [3.05, 3.63) is 124 Å². The molecule has 1 N–H and O–H groups in total. The van der Waals surface area contributed by atoms with Gasteiger partial charge in [0.2, 0.25) is 0 Å². The van der Waals surface area contributed by atoms with E-state index in [1.807, 2.05) is 94.4 Å². The van der Waals surface area contributed by atoms with Gasteiger partial charge < -0.3 is 9.84 Å². The van der Waals surface area contributed by atoms with Crippen molar-refractivity contribution >= 4 is 5.97 Å². The van der Waals surface area contributed by atoms with Crippen LogP contribution in [0.5, 0.6) is 0 Å². The van der Waals surface area contributed by atoms with Crippen molar-refractivity contribution in [2.24, 2.45) is 0 Å². The molecule has 234 valence electrons. The average Bonchev–Trinajstić information content (AvgIpc) is 2.86. The van der Waals surface area contributed by atoms with Crippen molar-refractivity contribution in [1.82, 2.24) is 0 Å². The quantitative estimate of drug-likeness (QED) is 0.325. The van der Waals surface area contributed by atoms with Crippen LogP contribution in [0.4, 0.5) is 0 Å². The Morgan fingerprint density at radius 2 is 0.692 bits per heavy atom. The maximum absolute atomic E-state index is 9.00. The normalized spacial score (nSPS) is 5.31.